The molecule has 0 atom stereocenters. The maximum atomic E-state index is 12.2. The molecule has 2 aromatic carbocycles. The molecule has 4 nitrogen and oxygen atoms in total. The minimum Gasteiger partial charge on any atom is -0.488 e. The van der Waals surface area contributed by atoms with Gasteiger partial charge >= 0.3 is 5.97 Å². The number of para-hydroxylation sites is 1. The Balaban J connectivity index is 1.29. The molecule has 2 fully saturated rings. The molecule has 0 spiro atoms. The lowest BCUT2D eigenvalue weighted by molar-refractivity contribution is -0.149. The number of rotatable bonds is 4. The van der Waals surface area contributed by atoms with Crippen LogP contribution in [0.25, 0.3) is 5.57 Å². The van der Waals surface area contributed by atoms with E-state index in [1.165, 1.54) is 40.7 Å². The number of carbonyl (C=O) groups is 1. The Morgan fingerprint density at radius 1 is 0.968 bits per heavy atom. The van der Waals surface area contributed by atoms with Crippen LogP contribution in [0, 0.1) is 0 Å². The van der Waals surface area contributed by atoms with Crippen LogP contribution in [0.5, 0.6) is 5.75 Å². The Labute approximate surface area is 184 Å². The fourth-order valence-corrected chi connectivity index (χ4v) is 5.17. The van der Waals surface area contributed by atoms with E-state index in [9.17, 15) is 4.79 Å². The van der Waals surface area contributed by atoms with Crippen molar-refractivity contribution in [2.45, 2.75) is 57.7 Å². The number of ether oxygens (including phenoxy) is 2. The number of nitrogens with zero attached hydrogens (tertiary/aromatic N) is 1. The predicted molar refractivity (Wildman–Crippen MR) is 122 cm³/mol. The molecule has 0 bridgehead atoms. The van der Waals surface area contributed by atoms with Crippen LogP contribution in [0.15, 0.2) is 54.1 Å². The summed E-state index contributed by atoms with van der Waals surface area (Å²) in [6, 6.07) is 17.0. The van der Waals surface area contributed by atoms with E-state index in [0.29, 0.717) is 13.0 Å². The van der Waals surface area contributed by atoms with Gasteiger partial charge in [-0.15, -0.1) is 0 Å². The van der Waals surface area contributed by atoms with Gasteiger partial charge in [0.2, 0.25) is 0 Å². The smallest absolute Gasteiger partial charge is 0.307 e. The van der Waals surface area contributed by atoms with Crippen LogP contribution in [0.3, 0.4) is 0 Å². The van der Waals surface area contributed by atoms with Crippen molar-refractivity contribution in [2.75, 3.05) is 19.6 Å². The number of hydrogen-bond acceptors (Lipinski definition) is 4. The van der Waals surface area contributed by atoms with Gasteiger partial charge in [0.05, 0.1) is 6.42 Å². The first-order valence-corrected chi connectivity index (χ1v) is 11.7. The van der Waals surface area contributed by atoms with E-state index in [2.05, 4.69) is 47.4 Å². The summed E-state index contributed by atoms with van der Waals surface area (Å²) in [5.41, 5.74) is 6.60. The van der Waals surface area contributed by atoms with Crippen LogP contribution in [0.4, 0.5) is 0 Å². The zero-order chi connectivity index (χ0) is 21.0. The van der Waals surface area contributed by atoms with Crippen molar-refractivity contribution in [3.63, 3.8) is 0 Å². The molecule has 0 unspecified atom stereocenters. The second-order valence-electron chi connectivity index (χ2n) is 8.91. The Morgan fingerprint density at radius 2 is 1.68 bits per heavy atom. The summed E-state index contributed by atoms with van der Waals surface area (Å²) >= 11 is 0. The summed E-state index contributed by atoms with van der Waals surface area (Å²) < 4.78 is 11.8. The highest BCUT2D eigenvalue weighted by atomic mass is 16.5. The zero-order valence-corrected chi connectivity index (χ0v) is 18.1. The van der Waals surface area contributed by atoms with Gasteiger partial charge in [0.15, 0.2) is 0 Å². The van der Waals surface area contributed by atoms with Gasteiger partial charge in [-0.1, -0.05) is 48.0 Å². The summed E-state index contributed by atoms with van der Waals surface area (Å²) in [5, 5.41) is 0. The monoisotopic (exact) mass is 417 g/mol. The first-order valence-electron chi connectivity index (χ1n) is 11.7. The number of benzene rings is 2. The Kier molecular flexibility index (Phi) is 6.08. The van der Waals surface area contributed by atoms with Gasteiger partial charge in [-0.3, -0.25) is 4.79 Å². The van der Waals surface area contributed by atoms with Crippen LogP contribution in [0.1, 0.15) is 61.6 Å². The normalized spacial score (nSPS) is 19.4. The van der Waals surface area contributed by atoms with E-state index < -0.39 is 0 Å². The molecule has 3 aliphatic rings. The van der Waals surface area contributed by atoms with Gasteiger partial charge in [0.1, 0.15) is 18.5 Å². The minimum absolute atomic E-state index is 0.0279. The third-order valence-corrected chi connectivity index (χ3v) is 6.87. The quantitative estimate of drug-likeness (QED) is 0.629. The molecule has 31 heavy (non-hydrogen) atoms. The summed E-state index contributed by atoms with van der Waals surface area (Å²) in [6.45, 7) is 3.38. The zero-order valence-electron chi connectivity index (χ0n) is 18.1. The van der Waals surface area contributed by atoms with E-state index in [1.807, 2.05) is 6.07 Å². The van der Waals surface area contributed by atoms with Gasteiger partial charge in [0.25, 0.3) is 0 Å². The number of esters is 1. The van der Waals surface area contributed by atoms with E-state index >= 15 is 0 Å². The van der Waals surface area contributed by atoms with E-state index in [-0.39, 0.29) is 12.1 Å². The number of piperidine rings is 1. The number of carbonyl (C=O) groups excluding carboxylic acids is 1. The van der Waals surface area contributed by atoms with Crippen LogP contribution in [-0.2, 0) is 16.1 Å². The number of likely N-dealkylation sites (tertiary alicyclic amines) is 1. The van der Waals surface area contributed by atoms with Gasteiger partial charge in [-0.2, -0.15) is 0 Å². The van der Waals surface area contributed by atoms with Gasteiger partial charge < -0.3 is 14.4 Å². The fourth-order valence-electron chi connectivity index (χ4n) is 5.17. The highest BCUT2D eigenvalue weighted by molar-refractivity contribution is 5.87. The molecular weight excluding hydrogens is 386 g/mol. The maximum Gasteiger partial charge on any atom is 0.307 e. The molecule has 0 aromatic heterocycles. The Hall–Kier alpha value is -2.59. The lowest BCUT2D eigenvalue weighted by atomic mass is 9.86. The second kappa shape index (κ2) is 9.27. The SMILES string of the molecule is O=C(CCN1CCC(=C2c3ccccc3COc3ccccc32)CC1)OC1CCCC1. The number of fused-ring (bicyclic) bond motifs is 2. The van der Waals surface area contributed by atoms with Crippen molar-refractivity contribution in [3.05, 3.63) is 70.8 Å². The third-order valence-electron chi connectivity index (χ3n) is 6.87. The molecule has 1 saturated carbocycles. The van der Waals surface area contributed by atoms with Gasteiger partial charge in [-0.25, -0.2) is 0 Å². The van der Waals surface area contributed by atoms with Crippen LogP contribution in [-0.4, -0.2) is 36.6 Å². The highest BCUT2D eigenvalue weighted by Gasteiger charge is 2.25. The summed E-state index contributed by atoms with van der Waals surface area (Å²) in [6.07, 6.45) is 7.19. The van der Waals surface area contributed by atoms with Crippen molar-refractivity contribution < 1.29 is 14.3 Å². The summed E-state index contributed by atoms with van der Waals surface area (Å²) in [4.78, 5) is 14.6. The van der Waals surface area contributed by atoms with Crippen molar-refractivity contribution >= 4 is 11.5 Å². The van der Waals surface area contributed by atoms with Gasteiger partial charge in [-0.05, 0) is 61.3 Å². The third kappa shape index (κ3) is 4.54. The Morgan fingerprint density at radius 3 is 2.48 bits per heavy atom. The summed E-state index contributed by atoms with van der Waals surface area (Å²) in [5.74, 6) is 0.943. The second-order valence-corrected chi connectivity index (χ2v) is 8.91. The van der Waals surface area contributed by atoms with E-state index in [1.54, 1.807) is 0 Å². The molecule has 1 aliphatic carbocycles. The van der Waals surface area contributed by atoms with Crippen LogP contribution >= 0.6 is 0 Å². The van der Waals surface area contributed by atoms with Crippen molar-refractivity contribution in [2.24, 2.45) is 0 Å². The van der Waals surface area contributed by atoms with Crippen LogP contribution < -0.4 is 4.74 Å². The highest BCUT2D eigenvalue weighted by Crippen LogP contribution is 2.40. The van der Waals surface area contributed by atoms with Crippen molar-refractivity contribution in [1.82, 2.24) is 4.90 Å². The average molecular weight is 418 g/mol. The molecule has 4 heteroatoms. The molecule has 2 aromatic rings. The first kappa shape index (κ1) is 20.3. The Bertz CT molecular complexity index is 914. The maximum absolute atomic E-state index is 12.2. The fraction of sp³-hybridized carbons (Fsp3) is 0.444. The molecule has 0 N–H and O–H groups in total. The average Bonchev–Trinajstić information content (AvgIpc) is 3.25. The molecule has 162 valence electrons. The lowest BCUT2D eigenvalue weighted by Gasteiger charge is -2.30. The van der Waals surface area contributed by atoms with Crippen molar-refractivity contribution in [1.29, 1.82) is 0 Å². The van der Waals surface area contributed by atoms with E-state index in [4.69, 9.17) is 9.47 Å². The van der Waals surface area contributed by atoms with Crippen LogP contribution in [0.2, 0.25) is 0 Å². The molecule has 2 heterocycles. The minimum atomic E-state index is -0.0279. The molecule has 1 saturated heterocycles. The standard InChI is InChI=1S/C27H31NO3/c29-26(31-22-8-2-3-9-22)15-18-28-16-13-20(14-17-28)27-23-10-4-1-7-21(23)19-30-25-12-6-5-11-24(25)27/h1,4-7,10-12,22H,2-3,8-9,13-19H2. The molecule has 5 rings (SSSR count). The molecular formula is C27H31NO3. The topological polar surface area (TPSA) is 38.8 Å². The molecule has 0 amide bonds. The largest absolute Gasteiger partial charge is 0.488 e. The van der Waals surface area contributed by atoms with Crippen molar-refractivity contribution in [3.8, 4) is 5.75 Å². The molecule has 2 aliphatic heterocycles. The summed E-state index contributed by atoms with van der Waals surface area (Å²) in [7, 11) is 0. The number of hydrogen-bond donors (Lipinski definition) is 0. The molecule has 0 radical (unpaired) electrons. The van der Waals surface area contributed by atoms with Gasteiger partial charge in [0, 0.05) is 25.2 Å². The van der Waals surface area contributed by atoms with E-state index in [0.717, 1.165) is 51.1 Å². The lowest BCUT2D eigenvalue weighted by Crippen LogP contribution is -2.33. The first-order chi connectivity index (χ1) is 15.3. The predicted octanol–water partition coefficient (Wildman–Crippen LogP) is 5.35.